The number of rotatable bonds is 5. The zero-order chi connectivity index (χ0) is 15.4. The van der Waals surface area contributed by atoms with Gasteiger partial charge in [-0.25, -0.2) is 4.39 Å². The van der Waals surface area contributed by atoms with E-state index in [1.807, 2.05) is 0 Å². The predicted octanol–water partition coefficient (Wildman–Crippen LogP) is 4.35. The minimum absolute atomic E-state index is 0.343. The Balaban J connectivity index is 2.23. The van der Waals surface area contributed by atoms with Crippen LogP contribution in [0, 0.1) is 5.82 Å². The molecule has 2 aromatic rings. The van der Waals surface area contributed by atoms with E-state index in [2.05, 4.69) is 43.5 Å². The number of hydrogen-bond donors (Lipinski definition) is 2. The van der Waals surface area contributed by atoms with Crippen LogP contribution in [0.1, 0.15) is 42.5 Å². The number of nitrogens with two attached hydrogens (primary N) is 1. The van der Waals surface area contributed by atoms with Crippen molar-refractivity contribution in [3.63, 3.8) is 0 Å². The monoisotopic (exact) mass is 306 g/mol. The molecule has 3 N–H and O–H groups in total. The van der Waals surface area contributed by atoms with Gasteiger partial charge in [-0.3, -0.25) is 11.3 Å². The molecule has 0 radical (unpaired) electrons. The average molecular weight is 307 g/mol. The van der Waals surface area contributed by atoms with E-state index in [1.165, 1.54) is 11.6 Å². The molecule has 0 saturated heterocycles. The number of nitrogens with one attached hydrogen (secondary N) is 1. The fourth-order valence-corrected chi connectivity index (χ4v) is 2.66. The largest absolute Gasteiger partial charge is 0.271 e. The SMILES string of the molecule is CC(C)c1ccc(CC(NN)c2c(F)cccc2Cl)cc1. The highest BCUT2D eigenvalue weighted by Crippen LogP contribution is 2.28. The van der Waals surface area contributed by atoms with Crippen LogP contribution in [0.2, 0.25) is 5.02 Å². The van der Waals surface area contributed by atoms with E-state index in [-0.39, 0.29) is 11.9 Å². The highest BCUT2D eigenvalue weighted by atomic mass is 35.5. The van der Waals surface area contributed by atoms with E-state index in [4.69, 9.17) is 17.4 Å². The molecule has 21 heavy (non-hydrogen) atoms. The molecule has 0 aliphatic heterocycles. The van der Waals surface area contributed by atoms with E-state index in [0.717, 1.165) is 5.56 Å². The van der Waals surface area contributed by atoms with Crippen molar-refractivity contribution in [1.29, 1.82) is 0 Å². The first-order chi connectivity index (χ1) is 10.0. The molecule has 0 bridgehead atoms. The summed E-state index contributed by atoms with van der Waals surface area (Å²) < 4.78 is 14.0. The van der Waals surface area contributed by atoms with Gasteiger partial charge >= 0.3 is 0 Å². The van der Waals surface area contributed by atoms with Crippen LogP contribution in [0.25, 0.3) is 0 Å². The summed E-state index contributed by atoms with van der Waals surface area (Å²) >= 11 is 6.10. The number of halogens is 2. The molecular weight excluding hydrogens is 287 g/mol. The third-order valence-corrected chi connectivity index (χ3v) is 3.97. The lowest BCUT2D eigenvalue weighted by atomic mass is 9.96. The molecule has 0 spiro atoms. The third-order valence-electron chi connectivity index (χ3n) is 3.64. The lowest BCUT2D eigenvalue weighted by Crippen LogP contribution is -2.30. The van der Waals surface area contributed by atoms with Crippen LogP contribution < -0.4 is 11.3 Å². The van der Waals surface area contributed by atoms with Crippen molar-refractivity contribution in [3.05, 3.63) is 70.0 Å². The second kappa shape index (κ2) is 7.03. The second-order valence-electron chi connectivity index (χ2n) is 5.45. The van der Waals surface area contributed by atoms with Gasteiger partial charge in [0.15, 0.2) is 0 Å². The van der Waals surface area contributed by atoms with Crippen LogP contribution in [0.4, 0.5) is 4.39 Å². The molecule has 4 heteroatoms. The minimum atomic E-state index is -0.358. The topological polar surface area (TPSA) is 38.0 Å². The molecule has 0 saturated carbocycles. The van der Waals surface area contributed by atoms with Gasteiger partial charge in [-0.1, -0.05) is 55.8 Å². The molecule has 1 atom stereocenters. The third kappa shape index (κ3) is 3.82. The Labute approximate surface area is 130 Å². The van der Waals surface area contributed by atoms with Crippen molar-refractivity contribution >= 4 is 11.6 Å². The van der Waals surface area contributed by atoms with Crippen LogP contribution >= 0.6 is 11.6 Å². The van der Waals surface area contributed by atoms with Crippen LogP contribution in [-0.4, -0.2) is 0 Å². The molecule has 0 aliphatic carbocycles. The van der Waals surface area contributed by atoms with E-state index in [9.17, 15) is 4.39 Å². The van der Waals surface area contributed by atoms with Crippen LogP contribution in [0.3, 0.4) is 0 Å². The summed E-state index contributed by atoms with van der Waals surface area (Å²) in [4.78, 5) is 0. The Morgan fingerprint density at radius 1 is 1.14 bits per heavy atom. The summed E-state index contributed by atoms with van der Waals surface area (Å²) in [7, 11) is 0. The Morgan fingerprint density at radius 3 is 2.33 bits per heavy atom. The Bertz CT molecular complexity index is 576. The first kappa shape index (κ1) is 16.0. The van der Waals surface area contributed by atoms with E-state index in [0.29, 0.717) is 22.9 Å². The number of hydrogen-bond acceptors (Lipinski definition) is 2. The molecule has 0 aromatic heterocycles. The Hall–Kier alpha value is -1.42. The van der Waals surface area contributed by atoms with E-state index < -0.39 is 0 Å². The lowest BCUT2D eigenvalue weighted by molar-refractivity contribution is 0.511. The lowest BCUT2D eigenvalue weighted by Gasteiger charge is -2.19. The highest BCUT2D eigenvalue weighted by molar-refractivity contribution is 6.31. The molecule has 0 heterocycles. The maximum atomic E-state index is 14.0. The van der Waals surface area contributed by atoms with Gasteiger partial charge in [0.05, 0.1) is 6.04 Å². The maximum absolute atomic E-state index is 14.0. The molecule has 112 valence electrons. The van der Waals surface area contributed by atoms with Gasteiger partial charge in [0.1, 0.15) is 5.82 Å². The quantitative estimate of drug-likeness (QED) is 0.636. The first-order valence-electron chi connectivity index (χ1n) is 7.01. The molecular formula is C17H20ClFN2. The number of hydrazine groups is 1. The van der Waals surface area contributed by atoms with Crippen molar-refractivity contribution in [2.75, 3.05) is 0 Å². The normalized spacial score (nSPS) is 12.7. The molecule has 2 rings (SSSR count). The summed E-state index contributed by atoms with van der Waals surface area (Å²) in [5.74, 6) is 5.74. The average Bonchev–Trinajstić information content (AvgIpc) is 2.46. The van der Waals surface area contributed by atoms with Crippen molar-refractivity contribution in [3.8, 4) is 0 Å². The molecule has 2 nitrogen and oxygen atoms in total. The molecule has 0 aliphatic rings. The summed E-state index contributed by atoms with van der Waals surface area (Å²) in [5.41, 5.74) is 5.44. The first-order valence-corrected chi connectivity index (χ1v) is 7.39. The van der Waals surface area contributed by atoms with Gasteiger partial charge in [-0.2, -0.15) is 0 Å². The fourth-order valence-electron chi connectivity index (χ4n) is 2.36. The Kier molecular flexibility index (Phi) is 5.34. The van der Waals surface area contributed by atoms with Gasteiger partial charge in [0.25, 0.3) is 0 Å². The van der Waals surface area contributed by atoms with Gasteiger partial charge in [0.2, 0.25) is 0 Å². The molecule has 2 aromatic carbocycles. The summed E-state index contributed by atoms with van der Waals surface area (Å²) in [6, 6.07) is 12.6. The van der Waals surface area contributed by atoms with Crippen molar-refractivity contribution in [2.45, 2.75) is 32.2 Å². The maximum Gasteiger partial charge on any atom is 0.129 e. The minimum Gasteiger partial charge on any atom is -0.271 e. The molecule has 0 amide bonds. The van der Waals surface area contributed by atoms with Crippen molar-refractivity contribution < 1.29 is 4.39 Å². The van der Waals surface area contributed by atoms with Gasteiger partial charge in [-0.15, -0.1) is 0 Å². The van der Waals surface area contributed by atoms with Crippen LogP contribution in [0.5, 0.6) is 0 Å². The second-order valence-corrected chi connectivity index (χ2v) is 5.86. The fraction of sp³-hybridized carbons (Fsp3) is 0.294. The zero-order valence-corrected chi connectivity index (χ0v) is 13.0. The van der Waals surface area contributed by atoms with Crippen molar-refractivity contribution in [2.24, 2.45) is 5.84 Å². The van der Waals surface area contributed by atoms with Gasteiger partial charge in [-0.05, 0) is 35.6 Å². The molecule has 1 unspecified atom stereocenters. The summed E-state index contributed by atoms with van der Waals surface area (Å²) in [5, 5.41) is 0.386. The summed E-state index contributed by atoms with van der Waals surface area (Å²) in [6.45, 7) is 4.30. The smallest absolute Gasteiger partial charge is 0.129 e. The van der Waals surface area contributed by atoms with Crippen molar-refractivity contribution in [1.82, 2.24) is 5.43 Å². The van der Waals surface area contributed by atoms with Crippen LogP contribution in [-0.2, 0) is 6.42 Å². The van der Waals surface area contributed by atoms with Crippen LogP contribution in [0.15, 0.2) is 42.5 Å². The van der Waals surface area contributed by atoms with E-state index in [1.54, 1.807) is 12.1 Å². The van der Waals surface area contributed by atoms with Gasteiger partial charge < -0.3 is 0 Å². The highest BCUT2D eigenvalue weighted by Gasteiger charge is 2.18. The zero-order valence-electron chi connectivity index (χ0n) is 12.2. The number of benzene rings is 2. The van der Waals surface area contributed by atoms with Gasteiger partial charge in [0, 0.05) is 10.6 Å². The Morgan fingerprint density at radius 2 is 1.81 bits per heavy atom. The predicted molar refractivity (Wildman–Crippen MR) is 85.7 cm³/mol. The summed E-state index contributed by atoms with van der Waals surface area (Å²) in [6.07, 6.45) is 0.579. The standard InChI is InChI=1S/C17H20ClFN2/c1-11(2)13-8-6-12(7-9-13)10-16(21-20)17-14(18)4-3-5-15(17)19/h3-9,11,16,21H,10,20H2,1-2H3. The molecule has 0 fully saturated rings. The van der Waals surface area contributed by atoms with E-state index >= 15 is 0 Å².